The van der Waals surface area contributed by atoms with Gasteiger partial charge in [0.15, 0.2) is 0 Å². The van der Waals surface area contributed by atoms with E-state index in [9.17, 15) is 0 Å². The third-order valence-corrected chi connectivity index (χ3v) is 4.07. The Morgan fingerprint density at radius 3 is 2.74 bits per heavy atom. The van der Waals surface area contributed by atoms with E-state index in [1.165, 1.54) is 24.0 Å². The third-order valence-electron chi connectivity index (χ3n) is 4.07. The molecule has 0 saturated heterocycles. The fraction of sp³-hybridized carbons (Fsp3) is 0.625. The molecule has 19 heavy (non-hydrogen) atoms. The second-order valence-electron chi connectivity index (χ2n) is 5.61. The molecule has 0 amide bonds. The second kappa shape index (κ2) is 6.40. The van der Waals surface area contributed by atoms with Gasteiger partial charge in [-0.05, 0) is 50.9 Å². The molecule has 2 N–H and O–H groups in total. The van der Waals surface area contributed by atoms with E-state index in [0.717, 1.165) is 25.3 Å². The molecule has 1 fully saturated rings. The monoisotopic (exact) mass is 262 g/mol. The molecule has 3 heteroatoms. The minimum atomic E-state index is 0.341. The molecular formula is C16H26N2O. The van der Waals surface area contributed by atoms with E-state index in [1.54, 1.807) is 0 Å². The number of likely N-dealkylation sites (N-methyl/N-ethyl adjacent to an activating group) is 1. The van der Waals surface area contributed by atoms with Gasteiger partial charge in [-0.2, -0.15) is 0 Å². The lowest BCUT2D eigenvalue weighted by molar-refractivity contribution is 0.220. The summed E-state index contributed by atoms with van der Waals surface area (Å²) in [5.41, 5.74) is 8.71. The summed E-state index contributed by atoms with van der Waals surface area (Å²) in [5, 5.41) is 0. The Hall–Kier alpha value is -1.06. The van der Waals surface area contributed by atoms with Gasteiger partial charge in [0.2, 0.25) is 0 Å². The average molecular weight is 262 g/mol. The van der Waals surface area contributed by atoms with Crippen LogP contribution in [0.15, 0.2) is 18.2 Å². The van der Waals surface area contributed by atoms with Crippen LogP contribution in [0, 0.1) is 6.92 Å². The summed E-state index contributed by atoms with van der Waals surface area (Å²) < 4.78 is 5.58. The molecule has 1 aliphatic rings. The summed E-state index contributed by atoms with van der Waals surface area (Å²) in [6, 6.07) is 7.34. The van der Waals surface area contributed by atoms with Gasteiger partial charge in [-0.3, -0.25) is 4.90 Å². The Labute approximate surface area is 116 Å². The van der Waals surface area contributed by atoms with Crippen molar-refractivity contribution in [2.45, 2.75) is 51.7 Å². The van der Waals surface area contributed by atoms with Gasteiger partial charge in [-0.25, -0.2) is 0 Å². The van der Waals surface area contributed by atoms with Crippen LogP contribution in [0.25, 0.3) is 0 Å². The van der Waals surface area contributed by atoms with Crippen molar-refractivity contribution < 1.29 is 4.74 Å². The molecule has 1 aromatic rings. The standard InChI is InChI=1S/C16H26N2O/c1-4-19-16-9-8-13(10-12(16)2)11-18(3)15-7-5-6-14(15)17/h8-10,14-15H,4-7,11,17H2,1-3H3. The Kier molecular flexibility index (Phi) is 4.83. The van der Waals surface area contributed by atoms with E-state index in [1.807, 2.05) is 6.92 Å². The first-order chi connectivity index (χ1) is 9.11. The van der Waals surface area contributed by atoms with E-state index in [2.05, 4.69) is 37.1 Å². The number of aryl methyl sites for hydroxylation is 1. The van der Waals surface area contributed by atoms with Crippen LogP contribution in [-0.4, -0.2) is 30.6 Å². The molecule has 0 heterocycles. The molecule has 0 spiro atoms. The number of nitrogens with zero attached hydrogens (tertiary/aromatic N) is 1. The van der Waals surface area contributed by atoms with Crippen molar-refractivity contribution in [1.29, 1.82) is 0 Å². The van der Waals surface area contributed by atoms with Gasteiger partial charge in [0.25, 0.3) is 0 Å². The predicted octanol–water partition coefficient (Wildman–Crippen LogP) is 2.71. The largest absolute Gasteiger partial charge is 0.494 e. The molecule has 1 aromatic carbocycles. The fourth-order valence-corrected chi connectivity index (χ4v) is 3.05. The summed E-state index contributed by atoms with van der Waals surface area (Å²) >= 11 is 0. The summed E-state index contributed by atoms with van der Waals surface area (Å²) in [7, 11) is 2.18. The highest BCUT2D eigenvalue weighted by Gasteiger charge is 2.27. The lowest BCUT2D eigenvalue weighted by Crippen LogP contribution is -2.41. The van der Waals surface area contributed by atoms with Crippen molar-refractivity contribution in [3.05, 3.63) is 29.3 Å². The topological polar surface area (TPSA) is 38.5 Å². The average Bonchev–Trinajstić information content (AvgIpc) is 2.79. The lowest BCUT2D eigenvalue weighted by atomic mass is 10.1. The van der Waals surface area contributed by atoms with Crippen molar-refractivity contribution in [2.24, 2.45) is 5.73 Å². The summed E-state index contributed by atoms with van der Waals surface area (Å²) in [5.74, 6) is 0.992. The molecular weight excluding hydrogens is 236 g/mol. The van der Waals surface area contributed by atoms with E-state index in [-0.39, 0.29) is 0 Å². The van der Waals surface area contributed by atoms with Gasteiger partial charge in [0.1, 0.15) is 5.75 Å². The Morgan fingerprint density at radius 1 is 1.37 bits per heavy atom. The van der Waals surface area contributed by atoms with Crippen LogP contribution in [0.5, 0.6) is 5.75 Å². The quantitative estimate of drug-likeness (QED) is 0.886. The molecule has 2 unspecified atom stereocenters. The van der Waals surface area contributed by atoms with Crippen molar-refractivity contribution in [2.75, 3.05) is 13.7 Å². The van der Waals surface area contributed by atoms with Crippen LogP contribution in [0.3, 0.4) is 0 Å². The molecule has 2 rings (SSSR count). The summed E-state index contributed by atoms with van der Waals surface area (Å²) in [4.78, 5) is 2.40. The first-order valence-electron chi connectivity index (χ1n) is 7.30. The molecule has 0 bridgehead atoms. The van der Waals surface area contributed by atoms with Gasteiger partial charge >= 0.3 is 0 Å². The maximum atomic E-state index is 6.17. The Balaban J connectivity index is 2.00. The highest BCUT2D eigenvalue weighted by molar-refractivity contribution is 5.36. The SMILES string of the molecule is CCOc1ccc(CN(C)C2CCCC2N)cc1C. The summed E-state index contributed by atoms with van der Waals surface area (Å²) in [6.45, 7) is 5.81. The van der Waals surface area contributed by atoms with E-state index in [0.29, 0.717) is 12.1 Å². The van der Waals surface area contributed by atoms with Gasteiger partial charge in [-0.1, -0.05) is 18.6 Å². The molecule has 1 saturated carbocycles. The number of hydrogen-bond acceptors (Lipinski definition) is 3. The number of rotatable bonds is 5. The predicted molar refractivity (Wildman–Crippen MR) is 79.4 cm³/mol. The van der Waals surface area contributed by atoms with Crippen LogP contribution in [-0.2, 0) is 6.54 Å². The highest BCUT2D eigenvalue weighted by Crippen LogP contribution is 2.24. The molecule has 0 aliphatic heterocycles. The Morgan fingerprint density at radius 2 is 2.16 bits per heavy atom. The third kappa shape index (κ3) is 3.48. The van der Waals surface area contributed by atoms with Gasteiger partial charge in [-0.15, -0.1) is 0 Å². The van der Waals surface area contributed by atoms with Gasteiger partial charge < -0.3 is 10.5 Å². The van der Waals surface area contributed by atoms with Crippen molar-refractivity contribution in [1.82, 2.24) is 4.90 Å². The van der Waals surface area contributed by atoms with E-state index < -0.39 is 0 Å². The zero-order valence-electron chi connectivity index (χ0n) is 12.4. The van der Waals surface area contributed by atoms with Crippen molar-refractivity contribution >= 4 is 0 Å². The van der Waals surface area contributed by atoms with Crippen LogP contribution in [0.2, 0.25) is 0 Å². The lowest BCUT2D eigenvalue weighted by Gasteiger charge is -2.27. The van der Waals surface area contributed by atoms with Crippen LogP contribution in [0.1, 0.15) is 37.3 Å². The molecule has 0 radical (unpaired) electrons. The molecule has 3 nitrogen and oxygen atoms in total. The number of benzene rings is 1. The van der Waals surface area contributed by atoms with Gasteiger partial charge in [0, 0.05) is 18.6 Å². The normalized spacial score (nSPS) is 23.0. The Bertz CT molecular complexity index is 419. The van der Waals surface area contributed by atoms with Crippen molar-refractivity contribution in [3.63, 3.8) is 0 Å². The van der Waals surface area contributed by atoms with E-state index >= 15 is 0 Å². The maximum Gasteiger partial charge on any atom is 0.122 e. The molecule has 1 aliphatic carbocycles. The first kappa shape index (κ1) is 14.4. The number of hydrogen-bond donors (Lipinski definition) is 1. The second-order valence-corrected chi connectivity index (χ2v) is 5.61. The molecule has 2 atom stereocenters. The van der Waals surface area contributed by atoms with Crippen molar-refractivity contribution in [3.8, 4) is 5.75 Å². The van der Waals surface area contributed by atoms with E-state index in [4.69, 9.17) is 10.5 Å². The molecule has 0 aromatic heterocycles. The first-order valence-corrected chi connectivity index (χ1v) is 7.30. The maximum absolute atomic E-state index is 6.17. The fourth-order valence-electron chi connectivity index (χ4n) is 3.05. The zero-order valence-corrected chi connectivity index (χ0v) is 12.4. The van der Waals surface area contributed by atoms with Gasteiger partial charge in [0.05, 0.1) is 6.61 Å². The minimum Gasteiger partial charge on any atom is -0.494 e. The molecule has 106 valence electrons. The number of ether oxygens (including phenoxy) is 1. The minimum absolute atomic E-state index is 0.341. The van der Waals surface area contributed by atoms with Crippen LogP contribution in [0.4, 0.5) is 0 Å². The van der Waals surface area contributed by atoms with Crippen LogP contribution >= 0.6 is 0 Å². The number of nitrogens with two attached hydrogens (primary N) is 1. The zero-order chi connectivity index (χ0) is 13.8. The smallest absolute Gasteiger partial charge is 0.122 e. The van der Waals surface area contributed by atoms with Crippen LogP contribution < -0.4 is 10.5 Å². The highest BCUT2D eigenvalue weighted by atomic mass is 16.5. The summed E-state index contributed by atoms with van der Waals surface area (Å²) in [6.07, 6.45) is 3.66.